The van der Waals surface area contributed by atoms with Gasteiger partial charge in [0.05, 0.1) is 35.5 Å². The molecule has 0 saturated heterocycles. The molecule has 2 heterocycles. The summed E-state index contributed by atoms with van der Waals surface area (Å²) in [6, 6.07) is 16.6. The topological polar surface area (TPSA) is 85.2 Å². The van der Waals surface area contributed by atoms with Crippen molar-refractivity contribution in [3.05, 3.63) is 58.9 Å². The summed E-state index contributed by atoms with van der Waals surface area (Å²) in [6.45, 7) is 0. The second-order valence-electron chi connectivity index (χ2n) is 5.42. The van der Waals surface area contributed by atoms with Crippen molar-refractivity contribution >= 4 is 28.4 Å². The Labute approximate surface area is 152 Å². The van der Waals surface area contributed by atoms with E-state index in [2.05, 4.69) is 16.3 Å². The van der Waals surface area contributed by atoms with Gasteiger partial charge in [-0.2, -0.15) is 5.26 Å². The van der Waals surface area contributed by atoms with Crippen LogP contribution in [0.2, 0.25) is 0 Å². The molecular formula is C18H13N5O2S. The molecule has 4 rings (SSSR count). The number of thioether (sulfide) groups is 1. The van der Waals surface area contributed by atoms with Crippen LogP contribution < -0.4 is 10.3 Å². The number of para-hydroxylation sites is 1. The Hall–Kier alpha value is -3.31. The first-order valence-electron chi connectivity index (χ1n) is 7.77. The highest BCUT2D eigenvalue weighted by Gasteiger charge is 2.17. The van der Waals surface area contributed by atoms with E-state index in [0.717, 1.165) is 0 Å². The lowest BCUT2D eigenvalue weighted by molar-refractivity contribution is 0.414. The third-order valence-electron chi connectivity index (χ3n) is 3.97. The molecule has 0 aliphatic heterocycles. The minimum atomic E-state index is -0.189. The Morgan fingerprint density at radius 3 is 2.85 bits per heavy atom. The fraction of sp³-hybridized carbons (Fsp3) is 0.111. The molecule has 0 saturated carbocycles. The molecule has 0 spiro atoms. The number of fused-ring (bicyclic) bond motifs is 3. The summed E-state index contributed by atoms with van der Waals surface area (Å²) >= 11 is 1.28. The molecule has 0 unspecified atom stereocenters. The van der Waals surface area contributed by atoms with E-state index < -0.39 is 0 Å². The molecule has 0 atom stereocenters. The molecule has 2 aromatic heterocycles. The maximum atomic E-state index is 13.1. The lowest BCUT2D eigenvalue weighted by atomic mass is 10.2. The Morgan fingerprint density at radius 2 is 2.04 bits per heavy atom. The van der Waals surface area contributed by atoms with E-state index in [-0.39, 0.29) is 11.3 Å². The number of nitriles is 1. The van der Waals surface area contributed by atoms with Gasteiger partial charge in [0.1, 0.15) is 5.75 Å². The standard InChI is InChI=1S/C18H13N5O2S/c1-25-13-6-4-5-12(11-13)22-16(24)14-7-2-3-8-15(14)23-17(22)20-21-18(23)26-10-9-19/h2-8,11H,10H2,1H3. The molecule has 0 bridgehead atoms. The maximum Gasteiger partial charge on any atom is 0.267 e. The predicted molar refractivity (Wildman–Crippen MR) is 99.0 cm³/mol. The van der Waals surface area contributed by atoms with Crippen molar-refractivity contribution in [3.63, 3.8) is 0 Å². The van der Waals surface area contributed by atoms with Crippen LogP contribution in [0.5, 0.6) is 5.75 Å². The van der Waals surface area contributed by atoms with Gasteiger partial charge in [0, 0.05) is 6.07 Å². The molecule has 0 amide bonds. The van der Waals surface area contributed by atoms with Gasteiger partial charge in [-0.05, 0) is 24.3 Å². The van der Waals surface area contributed by atoms with Gasteiger partial charge < -0.3 is 4.74 Å². The molecule has 8 heteroatoms. The number of hydrogen-bond donors (Lipinski definition) is 0. The van der Waals surface area contributed by atoms with Crippen molar-refractivity contribution in [1.82, 2.24) is 19.2 Å². The second-order valence-corrected chi connectivity index (χ2v) is 6.37. The van der Waals surface area contributed by atoms with Crippen molar-refractivity contribution in [2.24, 2.45) is 0 Å². The van der Waals surface area contributed by atoms with Gasteiger partial charge in [0.15, 0.2) is 5.16 Å². The monoisotopic (exact) mass is 363 g/mol. The molecule has 2 aromatic carbocycles. The molecular weight excluding hydrogens is 350 g/mol. The molecule has 0 aliphatic carbocycles. The minimum Gasteiger partial charge on any atom is -0.497 e. The second kappa shape index (κ2) is 6.54. The Bertz CT molecular complexity index is 1220. The quantitative estimate of drug-likeness (QED) is 0.518. The zero-order chi connectivity index (χ0) is 18.1. The van der Waals surface area contributed by atoms with Crippen LogP contribution in [0.1, 0.15) is 0 Å². The summed E-state index contributed by atoms with van der Waals surface area (Å²) in [5.41, 5.74) is 1.15. The molecule has 128 valence electrons. The van der Waals surface area contributed by atoms with Crippen LogP contribution in [0.3, 0.4) is 0 Å². The summed E-state index contributed by atoms with van der Waals surface area (Å²) in [4.78, 5) is 13.1. The van der Waals surface area contributed by atoms with E-state index in [4.69, 9.17) is 10.00 Å². The van der Waals surface area contributed by atoms with Gasteiger partial charge in [-0.25, -0.2) is 4.57 Å². The van der Waals surface area contributed by atoms with Gasteiger partial charge >= 0.3 is 0 Å². The highest BCUT2D eigenvalue weighted by molar-refractivity contribution is 7.99. The predicted octanol–water partition coefficient (Wildman–Crippen LogP) is 2.66. The molecule has 0 radical (unpaired) electrons. The van der Waals surface area contributed by atoms with Crippen LogP contribution in [0.4, 0.5) is 0 Å². The van der Waals surface area contributed by atoms with Gasteiger partial charge in [-0.1, -0.05) is 30.0 Å². The van der Waals surface area contributed by atoms with Crippen LogP contribution in [0, 0.1) is 11.3 Å². The fourth-order valence-electron chi connectivity index (χ4n) is 2.85. The van der Waals surface area contributed by atoms with E-state index >= 15 is 0 Å². The van der Waals surface area contributed by atoms with Crippen LogP contribution in [0.15, 0.2) is 58.5 Å². The van der Waals surface area contributed by atoms with Crippen LogP contribution in [-0.2, 0) is 0 Å². The summed E-state index contributed by atoms with van der Waals surface area (Å²) in [7, 11) is 1.57. The third-order valence-corrected chi connectivity index (χ3v) is 4.77. The van der Waals surface area contributed by atoms with E-state index in [1.54, 1.807) is 23.6 Å². The molecule has 26 heavy (non-hydrogen) atoms. The van der Waals surface area contributed by atoms with Gasteiger partial charge in [-0.3, -0.25) is 9.20 Å². The van der Waals surface area contributed by atoms with E-state index in [1.165, 1.54) is 16.3 Å². The number of rotatable bonds is 4. The lowest BCUT2D eigenvalue weighted by Gasteiger charge is -2.12. The van der Waals surface area contributed by atoms with Crippen LogP contribution in [-0.4, -0.2) is 32.0 Å². The fourth-order valence-corrected chi connectivity index (χ4v) is 3.45. The first-order valence-corrected chi connectivity index (χ1v) is 8.76. The normalized spacial score (nSPS) is 10.9. The number of benzene rings is 2. The zero-order valence-corrected chi connectivity index (χ0v) is 14.6. The molecule has 4 aromatic rings. The first kappa shape index (κ1) is 16.2. The summed E-state index contributed by atoms with van der Waals surface area (Å²) in [6.07, 6.45) is 0. The minimum absolute atomic E-state index is 0.189. The van der Waals surface area contributed by atoms with Gasteiger partial charge in [0.25, 0.3) is 5.56 Å². The lowest BCUT2D eigenvalue weighted by Crippen LogP contribution is -2.21. The van der Waals surface area contributed by atoms with Crippen molar-refractivity contribution in [3.8, 4) is 17.5 Å². The van der Waals surface area contributed by atoms with Crippen LogP contribution in [0.25, 0.3) is 22.4 Å². The third kappa shape index (κ3) is 2.50. The Balaban J connectivity index is 2.12. The highest BCUT2D eigenvalue weighted by Crippen LogP contribution is 2.24. The number of aromatic nitrogens is 4. The first-order chi connectivity index (χ1) is 12.7. The average Bonchev–Trinajstić information content (AvgIpc) is 3.10. The van der Waals surface area contributed by atoms with E-state index in [0.29, 0.717) is 33.3 Å². The van der Waals surface area contributed by atoms with Crippen molar-refractivity contribution in [2.75, 3.05) is 12.9 Å². The van der Waals surface area contributed by atoms with E-state index in [9.17, 15) is 4.79 Å². The molecule has 7 nitrogen and oxygen atoms in total. The summed E-state index contributed by atoms with van der Waals surface area (Å²) < 4.78 is 8.59. The van der Waals surface area contributed by atoms with Gasteiger partial charge in [-0.15, -0.1) is 10.2 Å². The SMILES string of the molecule is COc1cccc(-n2c(=O)c3ccccc3n3c(SCC#N)nnc23)c1. The zero-order valence-electron chi connectivity index (χ0n) is 13.8. The van der Waals surface area contributed by atoms with Gasteiger partial charge in [0.2, 0.25) is 5.78 Å². The highest BCUT2D eigenvalue weighted by atomic mass is 32.2. The molecule has 0 fully saturated rings. The largest absolute Gasteiger partial charge is 0.497 e. The Morgan fingerprint density at radius 1 is 1.19 bits per heavy atom. The van der Waals surface area contributed by atoms with Crippen molar-refractivity contribution < 1.29 is 4.74 Å². The summed E-state index contributed by atoms with van der Waals surface area (Å²) in [5, 5.41) is 18.4. The molecule has 0 aliphatic rings. The number of hydrogen-bond acceptors (Lipinski definition) is 6. The summed E-state index contributed by atoms with van der Waals surface area (Å²) in [5.74, 6) is 1.27. The number of ether oxygens (including phenoxy) is 1. The van der Waals surface area contributed by atoms with E-state index in [1.807, 2.05) is 36.4 Å². The number of nitrogens with zero attached hydrogens (tertiary/aromatic N) is 5. The average molecular weight is 363 g/mol. The number of methoxy groups -OCH3 is 1. The van der Waals surface area contributed by atoms with Crippen molar-refractivity contribution in [2.45, 2.75) is 5.16 Å². The Kier molecular flexibility index (Phi) is 4.07. The smallest absolute Gasteiger partial charge is 0.267 e. The van der Waals surface area contributed by atoms with Crippen molar-refractivity contribution in [1.29, 1.82) is 5.26 Å². The maximum absolute atomic E-state index is 13.1. The molecule has 0 N–H and O–H groups in total. The van der Waals surface area contributed by atoms with Crippen LogP contribution >= 0.6 is 11.8 Å².